The number of carbonyl (C=O) groups excluding carboxylic acids is 1. The van der Waals surface area contributed by atoms with Crippen LogP contribution in [0, 0.1) is 12.3 Å². The molecule has 0 radical (unpaired) electrons. The van der Waals surface area contributed by atoms with Gasteiger partial charge in [0.15, 0.2) is 5.65 Å². The number of amides is 1. The number of rotatable bonds is 2. The summed E-state index contributed by atoms with van der Waals surface area (Å²) in [6.07, 6.45) is 8.96. The lowest BCUT2D eigenvalue weighted by Gasteiger charge is -2.33. The quantitative estimate of drug-likeness (QED) is 0.708. The van der Waals surface area contributed by atoms with Crippen molar-refractivity contribution >= 4 is 17.4 Å². The molecule has 2 fully saturated rings. The lowest BCUT2D eigenvalue weighted by Crippen LogP contribution is -2.41. The Balaban J connectivity index is 1.58. The van der Waals surface area contributed by atoms with E-state index < -0.39 is 5.60 Å². The van der Waals surface area contributed by atoms with Crippen molar-refractivity contribution in [2.24, 2.45) is 0 Å². The lowest BCUT2D eigenvalue weighted by atomic mass is 9.92. The maximum atomic E-state index is 12.4. The molecule has 2 aromatic heterocycles. The number of morpholine rings is 1. The van der Waals surface area contributed by atoms with Gasteiger partial charge in [-0.2, -0.15) is 5.10 Å². The molecule has 0 N–H and O–H groups in total. The van der Waals surface area contributed by atoms with Crippen molar-refractivity contribution < 1.29 is 14.3 Å². The molecule has 2 aliphatic rings. The molecule has 160 valence electrons. The maximum absolute atomic E-state index is 12.4. The number of likely N-dealkylation sites (tertiary alicyclic amines) is 1. The van der Waals surface area contributed by atoms with Crippen molar-refractivity contribution in [1.82, 2.24) is 19.5 Å². The summed E-state index contributed by atoms with van der Waals surface area (Å²) in [5.41, 5.74) is 2.93. The molecule has 2 aromatic rings. The van der Waals surface area contributed by atoms with Crippen LogP contribution in [0.3, 0.4) is 0 Å². The minimum atomic E-state index is -0.494. The molecule has 0 spiro atoms. The Labute approximate surface area is 177 Å². The molecule has 1 amide bonds. The smallest absolute Gasteiger partial charge is 0.410 e. The summed E-state index contributed by atoms with van der Waals surface area (Å²) in [7, 11) is 0. The van der Waals surface area contributed by atoms with Crippen molar-refractivity contribution in [3.05, 3.63) is 23.7 Å². The minimum Gasteiger partial charge on any atom is -0.444 e. The highest BCUT2D eigenvalue weighted by atomic mass is 16.6. The fourth-order valence-corrected chi connectivity index (χ4v) is 4.14. The molecular weight excluding hydrogens is 382 g/mol. The zero-order chi connectivity index (χ0) is 21.3. The maximum Gasteiger partial charge on any atom is 0.410 e. The van der Waals surface area contributed by atoms with Crippen molar-refractivity contribution in [3.63, 3.8) is 0 Å². The van der Waals surface area contributed by atoms with Crippen LogP contribution in [0.15, 0.2) is 12.3 Å². The van der Waals surface area contributed by atoms with Crippen LogP contribution in [-0.2, 0) is 9.47 Å². The highest BCUT2D eigenvalue weighted by Gasteiger charge is 2.31. The largest absolute Gasteiger partial charge is 0.444 e. The summed E-state index contributed by atoms with van der Waals surface area (Å²) in [6, 6.07) is 1.99. The average molecular weight is 412 g/mol. The van der Waals surface area contributed by atoms with Crippen LogP contribution in [0.4, 0.5) is 10.5 Å². The molecule has 4 heterocycles. The summed E-state index contributed by atoms with van der Waals surface area (Å²) in [6.45, 7) is 9.94. The number of anilines is 1. The van der Waals surface area contributed by atoms with Gasteiger partial charge < -0.3 is 19.3 Å². The van der Waals surface area contributed by atoms with Gasteiger partial charge in [0, 0.05) is 32.1 Å². The summed E-state index contributed by atoms with van der Waals surface area (Å²) in [4.78, 5) is 21.2. The Morgan fingerprint density at radius 1 is 1.23 bits per heavy atom. The molecule has 30 heavy (non-hydrogen) atoms. The van der Waals surface area contributed by atoms with E-state index in [0.29, 0.717) is 32.0 Å². The van der Waals surface area contributed by atoms with Gasteiger partial charge in [-0.25, -0.2) is 14.3 Å². The normalized spacial score (nSPS) is 18.5. The van der Waals surface area contributed by atoms with E-state index in [-0.39, 0.29) is 12.0 Å². The van der Waals surface area contributed by atoms with E-state index >= 15 is 0 Å². The Bertz CT molecular complexity index is 958. The second-order valence-electron chi connectivity index (χ2n) is 8.78. The number of aromatic nitrogens is 3. The fraction of sp³-hybridized carbons (Fsp3) is 0.591. The van der Waals surface area contributed by atoms with Crippen molar-refractivity contribution in [3.8, 4) is 12.3 Å². The van der Waals surface area contributed by atoms with Gasteiger partial charge >= 0.3 is 6.09 Å². The first kappa shape index (κ1) is 20.5. The molecule has 0 saturated carbocycles. The summed E-state index contributed by atoms with van der Waals surface area (Å²) >= 11 is 0. The molecule has 0 aromatic carbocycles. The Kier molecular flexibility index (Phi) is 5.56. The summed E-state index contributed by atoms with van der Waals surface area (Å²) in [5.74, 6) is 2.95. The SMILES string of the molecule is C#Cc1nc2c(N3CCOCC3)ccnn2c1C1CCN(C(=O)OC(C)(C)C)CC1. The first-order chi connectivity index (χ1) is 14.4. The van der Waals surface area contributed by atoms with E-state index in [1.807, 2.05) is 31.4 Å². The number of nitrogens with zero attached hydrogens (tertiary/aromatic N) is 5. The number of fused-ring (bicyclic) bond motifs is 1. The molecule has 4 rings (SSSR count). The highest BCUT2D eigenvalue weighted by Crippen LogP contribution is 2.33. The van der Waals surface area contributed by atoms with Gasteiger partial charge in [0.25, 0.3) is 0 Å². The number of hydrogen-bond acceptors (Lipinski definition) is 6. The van der Waals surface area contributed by atoms with Gasteiger partial charge in [0.2, 0.25) is 0 Å². The molecule has 0 atom stereocenters. The molecule has 8 nitrogen and oxygen atoms in total. The number of hydrogen-bond donors (Lipinski definition) is 0. The fourth-order valence-electron chi connectivity index (χ4n) is 4.14. The third-order valence-electron chi connectivity index (χ3n) is 5.55. The Morgan fingerprint density at radius 2 is 1.93 bits per heavy atom. The van der Waals surface area contributed by atoms with Gasteiger partial charge in [-0.15, -0.1) is 6.42 Å². The third kappa shape index (κ3) is 4.08. The Morgan fingerprint density at radius 3 is 2.57 bits per heavy atom. The van der Waals surface area contributed by atoms with E-state index in [9.17, 15) is 4.79 Å². The molecule has 2 saturated heterocycles. The number of carbonyl (C=O) groups is 1. The van der Waals surface area contributed by atoms with E-state index in [4.69, 9.17) is 20.9 Å². The highest BCUT2D eigenvalue weighted by molar-refractivity contribution is 5.71. The standard InChI is InChI=1S/C22H29N5O3/c1-5-17-19(16-7-10-26(11-8-16)21(28)30-22(2,3)4)27-20(24-17)18(6-9-23-27)25-12-14-29-15-13-25/h1,6,9,16H,7-8,10-15H2,2-4H3. The van der Waals surface area contributed by atoms with Crippen LogP contribution in [0.5, 0.6) is 0 Å². The number of terminal acetylenes is 1. The molecule has 0 unspecified atom stereocenters. The summed E-state index contributed by atoms with van der Waals surface area (Å²) in [5, 5.41) is 4.58. The van der Waals surface area contributed by atoms with Crippen LogP contribution in [0.2, 0.25) is 0 Å². The van der Waals surface area contributed by atoms with Crippen LogP contribution < -0.4 is 4.90 Å². The first-order valence-corrected chi connectivity index (χ1v) is 10.5. The average Bonchev–Trinajstić information content (AvgIpc) is 3.12. The Hall–Kier alpha value is -2.79. The number of imidazole rings is 1. The van der Waals surface area contributed by atoms with Gasteiger partial charge in [-0.3, -0.25) is 0 Å². The molecular formula is C22H29N5O3. The predicted octanol–water partition coefficient (Wildman–Crippen LogP) is 2.66. The van der Waals surface area contributed by atoms with Crippen LogP contribution in [-0.4, -0.2) is 70.6 Å². The number of ether oxygens (including phenoxy) is 2. The van der Waals surface area contributed by atoms with Crippen molar-refractivity contribution in [2.75, 3.05) is 44.3 Å². The van der Waals surface area contributed by atoms with E-state index in [0.717, 1.165) is 43.0 Å². The predicted molar refractivity (Wildman–Crippen MR) is 114 cm³/mol. The van der Waals surface area contributed by atoms with Gasteiger partial charge in [0.1, 0.15) is 11.3 Å². The summed E-state index contributed by atoms with van der Waals surface area (Å²) < 4.78 is 12.9. The van der Waals surface area contributed by atoms with Gasteiger partial charge in [-0.05, 0) is 45.6 Å². The van der Waals surface area contributed by atoms with Crippen LogP contribution in [0.1, 0.15) is 50.9 Å². The zero-order valence-electron chi connectivity index (χ0n) is 17.9. The van der Waals surface area contributed by atoms with Crippen LogP contribution >= 0.6 is 0 Å². The third-order valence-corrected chi connectivity index (χ3v) is 5.55. The second-order valence-corrected chi connectivity index (χ2v) is 8.78. The van der Waals surface area contributed by atoms with Gasteiger partial charge in [-0.1, -0.05) is 0 Å². The lowest BCUT2D eigenvalue weighted by molar-refractivity contribution is 0.0203. The van der Waals surface area contributed by atoms with Crippen LogP contribution in [0.25, 0.3) is 5.65 Å². The topological polar surface area (TPSA) is 72.2 Å². The second kappa shape index (κ2) is 8.15. The van der Waals surface area contributed by atoms with E-state index in [2.05, 4.69) is 15.9 Å². The van der Waals surface area contributed by atoms with Crippen molar-refractivity contribution in [2.45, 2.75) is 45.1 Å². The molecule has 2 aliphatic heterocycles. The van der Waals surface area contributed by atoms with E-state index in [1.165, 1.54) is 0 Å². The van der Waals surface area contributed by atoms with E-state index in [1.54, 1.807) is 11.1 Å². The monoisotopic (exact) mass is 411 g/mol. The van der Waals surface area contributed by atoms with Gasteiger partial charge in [0.05, 0.1) is 30.8 Å². The molecule has 0 bridgehead atoms. The first-order valence-electron chi connectivity index (χ1n) is 10.5. The number of piperidine rings is 1. The zero-order valence-corrected chi connectivity index (χ0v) is 17.9. The minimum absolute atomic E-state index is 0.192. The molecule has 8 heteroatoms. The molecule has 0 aliphatic carbocycles. The van der Waals surface area contributed by atoms with Crippen molar-refractivity contribution in [1.29, 1.82) is 0 Å².